The molecule has 0 heterocycles. The quantitative estimate of drug-likeness (QED) is 0.738. The van der Waals surface area contributed by atoms with E-state index in [1.165, 1.54) is 0 Å². The Morgan fingerprint density at radius 1 is 1.38 bits per heavy atom. The van der Waals surface area contributed by atoms with Crippen LogP contribution in [0.15, 0.2) is 18.2 Å². The Bertz CT molecular complexity index is 593. The molecule has 5 nitrogen and oxygen atoms in total. The highest BCUT2D eigenvalue weighted by atomic mass is 16.5. The molecular formula is C19H28N2O3. The second-order valence-corrected chi connectivity index (χ2v) is 6.38. The van der Waals surface area contributed by atoms with Crippen molar-refractivity contribution in [2.45, 2.75) is 53.1 Å². The van der Waals surface area contributed by atoms with E-state index in [1.807, 2.05) is 13.8 Å². The highest BCUT2D eigenvalue weighted by Gasteiger charge is 2.35. The van der Waals surface area contributed by atoms with Gasteiger partial charge >= 0.3 is 0 Å². The number of nitriles is 1. The van der Waals surface area contributed by atoms with Gasteiger partial charge in [-0.1, -0.05) is 20.8 Å². The minimum absolute atomic E-state index is 0.231. The molecule has 132 valence electrons. The fourth-order valence-corrected chi connectivity index (χ4v) is 2.56. The van der Waals surface area contributed by atoms with Gasteiger partial charge in [0.05, 0.1) is 17.9 Å². The summed E-state index contributed by atoms with van der Waals surface area (Å²) in [4.78, 5) is 12.8. The van der Waals surface area contributed by atoms with Crippen LogP contribution in [0, 0.1) is 17.2 Å². The summed E-state index contributed by atoms with van der Waals surface area (Å²) in [6.45, 7) is 10.8. The average Bonchev–Trinajstić information content (AvgIpc) is 2.53. The molecule has 0 spiro atoms. The van der Waals surface area contributed by atoms with Gasteiger partial charge in [-0.15, -0.1) is 0 Å². The summed E-state index contributed by atoms with van der Waals surface area (Å²) in [5.41, 5.74) is -0.0760. The summed E-state index contributed by atoms with van der Waals surface area (Å²) in [6, 6.07) is 7.16. The lowest BCUT2D eigenvalue weighted by atomic mass is 9.92. The molecule has 0 radical (unpaired) electrons. The summed E-state index contributed by atoms with van der Waals surface area (Å²) in [5, 5.41) is 12.2. The van der Waals surface area contributed by atoms with E-state index in [4.69, 9.17) is 9.47 Å². The van der Waals surface area contributed by atoms with E-state index < -0.39 is 5.60 Å². The van der Waals surface area contributed by atoms with Gasteiger partial charge in [0, 0.05) is 6.61 Å². The monoisotopic (exact) mass is 332 g/mol. The first kappa shape index (κ1) is 20.0. The summed E-state index contributed by atoms with van der Waals surface area (Å²) < 4.78 is 11.2. The van der Waals surface area contributed by atoms with Crippen molar-refractivity contribution in [3.63, 3.8) is 0 Å². The van der Waals surface area contributed by atoms with Crippen molar-refractivity contribution in [1.82, 2.24) is 0 Å². The molecule has 0 fully saturated rings. The summed E-state index contributed by atoms with van der Waals surface area (Å²) in [6.07, 6.45) is 1.45. The van der Waals surface area contributed by atoms with Crippen molar-refractivity contribution in [1.29, 1.82) is 5.26 Å². The minimum Gasteiger partial charge on any atom is -0.494 e. The Kier molecular flexibility index (Phi) is 7.73. The predicted octanol–water partition coefficient (Wildman–Crippen LogP) is 4.13. The van der Waals surface area contributed by atoms with Gasteiger partial charge in [0.25, 0.3) is 5.91 Å². The van der Waals surface area contributed by atoms with E-state index in [1.54, 1.807) is 25.1 Å². The number of hydrogen-bond acceptors (Lipinski definition) is 4. The number of hydrogen-bond donors (Lipinski definition) is 1. The first-order valence-electron chi connectivity index (χ1n) is 8.48. The zero-order chi connectivity index (χ0) is 18.2. The van der Waals surface area contributed by atoms with Crippen LogP contribution >= 0.6 is 0 Å². The first-order chi connectivity index (χ1) is 11.4. The lowest BCUT2D eigenvalue weighted by Crippen LogP contribution is -2.44. The van der Waals surface area contributed by atoms with Crippen LogP contribution in [0.3, 0.4) is 0 Å². The number of carbonyl (C=O) groups excluding carboxylic acids is 1. The average molecular weight is 332 g/mol. The maximum absolute atomic E-state index is 12.8. The molecule has 0 aliphatic heterocycles. The lowest BCUT2D eigenvalue weighted by Gasteiger charge is -2.30. The van der Waals surface area contributed by atoms with Crippen molar-refractivity contribution in [2.75, 3.05) is 18.5 Å². The molecule has 1 N–H and O–H groups in total. The standard InChI is InChI=1S/C19H28N2O3/c1-6-10-24-19(5,12-14(3)4)18(22)21-17-9-8-16(23-7-2)11-15(17)13-20/h8-9,11,14H,6-7,10,12H2,1-5H3,(H,21,22). The highest BCUT2D eigenvalue weighted by molar-refractivity contribution is 5.98. The SMILES string of the molecule is CCCOC(C)(CC(C)C)C(=O)Nc1ccc(OCC)cc1C#N. The number of rotatable bonds is 9. The largest absolute Gasteiger partial charge is 0.494 e. The van der Waals surface area contributed by atoms with E-state index in [9.17, 15) is 10.1 Å². The molecule has 1 atom stereocenters. The van der Waals surface area contributed by atoms with Gasteiger partial charge in [-0.25, -0.2) is 0 Å². The summed E-state index contributed by atoms with van der Waals surface area (Å²) in [7, 11) is 0. The van der Waals surface area contributed by atoms with E-state index in [2.05, 4.69) is 25.2 Å². The van der Waals surface area contributed by atoms with Crippen LogP contribution in [0.4, 0.5) is 5.69 Å². The number of anilines is 1. The molecule has 0 aliphatic rings. The number of nitrogens with zero attached hydrogens (tertiary/aromatic N) is 1. The number of ether oxygens (including phenoxy) is 2. The molecule has 1 unspecified atom stereocenters. The van der Waals surface area contributed by atoms with Crippen LogP contribution in [0.25, 0.3) is 0 Å². The van der Waals surface area contributed by atoms with Crippen LogP contribution in [0.5, 0.6) is 5.75 Å². The second kappa shape index (κ2) is 9.29. The molecular weight excluding hydrogens is 304 g/mol. The molecule has 1 amide bonds. The number of benzene rings is 1. The molecule has 5 heteroatoms. The molecule has 1 aromatic rings. The predicted molar refractivity (Wildman–Crippen MR) is 95.1 cm³/mol. The van der Waals surface area contributed by atoms with Gasteiger partial charge in [-0.05, 0) is 50.8 Å². The third kappa shape index (κ3) is 5.54. The number of nitrogens with one attached hydrogen (secondary N) is 1. The number of amides is 1. The third-order valence-electron chi connectivity index (χ3n) is 3.57. The van der Waals surface area contributed by atoms with Crippen molar-refractivity contribution < 1.29 is 14.3 Å². The smallest absolute Gasteiger partial charge is 0.256 e. The van der Waals surface area contributed by atoms with E-state index in [0.717, 1.165) is 6.42 Å². The van der Waals surface area contributed by atoms with Gasteiger partial charge in [0.15, 0.2) is 0 Å². The molecule has 0 aromatic heterocycles. The van der Waals surface area contributed by atoms with Crippen molar-refractivity contribution in [2.24, 2.45) is 5.92 Å². The third-order valence-corrected chi connectivity index (χ3v) is 3.57. The van der Waals surface area contributed by atoms with E-state index in [-0.39, 0.29) is 5.91 Å². The Morgan fingerprint density at radius 3 is 2.62 bits per heavy atom. The van der Waals surface area contributed by atoms with Gasteiger partial charge in [0.2, 0.25) is 0 Å². The molecule has 1 rings (SSSR count). The van der Waals surface area contributed by atoms with E-state index in [0.29, 0.717) is 42.6 Å². The fourth-order valence-electron chi connectivity index (χ4n) is 2.56. The maximum atomic E-state index is 12.8. The first-order valence-corrected chi connectivity index (χ1v) is 8.48. The molecule has 0 saturated heterocycles. The van der Waals surface area contributed by atoms with E-state index >= 15 is 0 Å². The Hall–Kier alpha value is -2.06. The Morgan fingerprint density at radius 2 is 2.08 bits per heavy atom. The normalized spacial score (nSPS) is 13.2. The van der Waals surface area contributed by atoms with Gasteiger partial charge in [0.1, 0.15) is 17.4 Å². The Labute approximate surface area is 145 Å². The summed E-state index contributed by atoms with van der Waals surface area (Å²) in [5.74, 6) is 0.693. The van der Waals surface area contributed by atoms with Gasteiger partial charge in [-0.2, -0.15) is 5.26 Å². The highest BCUT2D eigenvalue weighted by Crippen LogP contribution is 2.26. The molecule has 1 aromatic carbocycles. The Balaban J connectivity index is 3.00. The van der Waals surface area contributed by atoms with Crippen LogP contribution in [-0.4, -0.2) is 24.7 Å². The topological polar surface area (TPSA) is 71.3 Å². The zero-order valence-corrected chi connectivity index (χ0v) is 15.3. The van der Waals surface area contributed by atoms with Crippen LogP contribution in [0.1, 0.15) is 53.0 Å². The van der Waals surface area contributed by atoms with Crippen molar-refractivity contribution in [3.05, 3.63) is 23.8 Å². The molecule has 0 saturated carbocycles. The van der Waals surface area contributed by atoms with Crippen LogP contribution in [-0.2, 0) is 9.53 Å². The lowest BCUT2D eigenvalue weighted by molar-refractivity contribution is -0.141. The molecule has 24 heavy (non-hydrogen) atoms. The maximum Gasteiger partial charge on any atom is 0.256 e. The van der Waals surface area contributed by atoms with Crippen LogP contribution in [0.2, 0.25) is 0 Å². The minimum atomic E-state index is -0.921. The second-order valence-electron chi connectivity index (χ2n) is 6.38. The fraction of sp³-hybridized carbons (Fsp3) is 0.579. The van der Waals surface area contributed by atoms with Gasteiger partial charge in [-0.3, -0.25) is 4.79 Å². The zero-order valence-electron chi connectivity index (χ0n) is 15.3. The molecule has 0 aliphatic carbocycles. The van der Waals surface area contributed by atoms with Crippen LogP contribution < -0.4 is 10.1 Å². The van der Waals surface area contributed by atoms with Gasteiger partial charge < -0.3 is 14.8 Å². The van der Waals surface area contributed by atoms with Crippen molar-refractivity contribution in [3.8, 4) is 11.8 Å². The summed E-state index contributed by atoms with van der Waals surface area (Å²) >= 11 is 0. The van der Waals surface area contributed by atoms with Crippen molar-refractivity contribution >= 4 is 11.6 Å². The number of carbonyl (C=O) groups is 1. The molecule has 0 bridgehead atoms.